The van der Waals surface area contributed by atoms with E-state index in [0.29, 0.717) is 11.6 Å². The number of nitrogens with one attached hydrogen (secondary N) is 1. The molecule has 0 unspecified atom stereocenters. The summed E-state index contributed by atoms with van der Waals surface area (Å²) >= 11 is 5.90. The highest BCUT2D eigenvalue weighted by molar-refractivity contribution is 6.32. The molecule has 0 radical (unpaired) electrons. The van der Waals surface area contributed by atoms with Gasteiger partial charge in [0.25, 0.3) is 5.56 Å². The fourth-order valence-electron chi connectivity index (χ4n) is 1.16. The van der Waals surface area contributed by atoms with Gasteiger partial charge in [0.15, 0.2) is 0 Å². The lowest BCUT2D eigenvalue weighted by Gasteiger charge is -2.11. The third kappa shape index (κ3) is 3.21. The second-order valence-corrected chi connectivity index (χ2v) is 4.28. The van der Waals surface area contributed by atoms with Gasteiger partial charge in [0, 0.05) is 6.54 Å². The van der Waals surface area contributed by atoms with Crippen LogP contribution in [0.1, 0.15) is 13.8 Å². The molecule has 1 rings (SSSR count). The van der Waals surface area contributed by atoms with Gasteiger partial charge in [-0.1, -0.05) is 25.4 Å². The molecule has 0 aromatic carbocycles. The number of aliphatic hydroxyl groups excluding tert-OH is 1. The summed E-state index contributed by atoms with van der Waals surface area (Å²) in [7, 11) is 0. The van der Waals surface area contributed by atoms with Gasteiger partial charge in [0.05, 0.1) is 25.0 Å². The summed E-state index contributed by atoms with van der Waals surface area (Å²) in [4.78, 5) is 11.6. The number of nitrogens with zero attached hydrogens (tertiary/aromatic N) is 2. The van der Waals surface area contributed by atoms with E-state index in [1.807, 2.05) is 0 Å². The first kappa shape index (κ1) is 13.0. The topological polar surface area (TPSA) is 67.2 Å². The number of hydrogen-bond donors (Lipinski definition) is 2. The molecule has 0 bridgehead atoms. The first-order valence-corrected chi connectivity index (χ1v) is 5.54. The SMILES string of the molecule is CC(C)CNc1cnn(CCO)c(=O)c1Cl. The molecule has 0 aliphatic heterocycles. The van der Waals surface area contributed by atoms with Crippen LogP contribution in [0.3, 0.4) is 0 Å². The zero-order valence-electron chi connectivity index (χ0n) is 9.40. The van der Waals surface area contributed by atoms with Crippen molar-refractivity contribution in [3.8, 4) is 0 Å². The molecule has 1 aromatic heterocycles. The van der Waals surface area contributed by atoms with Gasteiger partial charge in [-0.15, -0.1) is 0 Å². The van der Waals surface area contributed by atoms with Gasteiger partial charge in [-0.25, -0.2) is 4.68 Å². The second-order valence-electron chi connectivity index (χ2n) is 3.90. The Morgan fingerprint density at radius 3 is 2.88 bits per heavy atom. The number of aromatic nitrogens is 2. The molecule has 5 nitrogen and oxygen atoms in total. The predicted molar refractivity (Wildman–Crippen MR) is 63.9 cm³/mol. The van der Waals surface area contributed by atoms with Crippen molar-refractivity contribution in [2.45, 2.75) is 20.4 Å². The molecule has 0 saturated carbocycles. The van der Waals surface area contributed by atoms with Crippen LogP contribution >= 0.6 is 11.6 Å². The third-order valence-electron chi connectivity index (χ3n) is 2.00. The number of halogens is 1. The van der Waals surface area contributed by atoms with Crippen LogP contribution in [0.25, 0.3) is 0 Å². The summed E-state index contributed by atoms with van der Waals surface area (Å²) in [6.45, 7) is 4.86. The van der Waals surface area contributed by atoms with Crippen LogP contribution in [0, 0.1) is 5.92 Å². The molecular weight excluding hydrogens is 230 g/mol. The lowest BCUT2D eigenvalue weighted by atomic mass is 10.2. The van der Waals surface area contributed by atoms with Crippen molar-refractivity contribution in [3.05, 3.63) is 21.6 Å². The van der Waals surface area contributed by atoms with Gasteiger partial charge in [0.1, 0.15) is 5.02 Å². The zero-order valence-corrected chi connectivity index (χ0v) is 10.2. The Morgan fingerprint density at radius 1 is 1.62 bits per heavy atom. The predicted octanol–water partition coefficient (Wildman–Crippen LogP) is 0.957. The lowest BCUT2D eigenvalue weighted by Crippen LogP contribution is -2.26. The third-order valence-corrected chi connectivity index (χ3v) is 2.36. The van der Waals surface area contributed by atoms with Gasteiger partial charge >= 0.3 is 0 Å². The van der Waals surface area contributed by atoms with E-state index in [-0.39, 0.29) is 23.7 Å². The van der Waals surface area contributed by atoms with Gasteiger partial charge in [-0.05, 0) is 5.92 Å². The van der Waals surface area contributed by atoms with Crippen LogP contribution in [0.4, 0.5) is 5.69 Å². The summed E-state index contributed by atoms with van der Waals surface area (Å²) in [5, 5.41) is 15.8. The van der Waals surface area contributed by atoms with Crippen molar-refractivity contribution < 1.29 is 5.11 Å². The van der Waals surface area contributed by atoms with Crippen molar-refractivity contribution in [3.63, 3.8) is 0 Å². The monoisotopic (exact) mass is 245 g/mol. The molecule has 90 valence electrons. The number of aliphatic hydroxyl groups is 1. The van der Waals surface area contributed by atoms with Crippen LogP contribution in [0.15, 0.2) is 11.0 Å². The summed E-state index contributed by atoms with van der Waals surface area (Å²) in [5.41, 5.74) is 0.152. The van der Waals surface area contributed by atoms with Crippen molar-refractivity contribution in [2.75, 3.05) is 18.5 Å². The fraction of sp³-hybridized carbons (Fsp3) is 0.600. The summed E-state index contributed by atoms with van der Waals surface area (Å²) in [5.74, 6) is 0.455. The maximum atomic E-state index is 11.6. The molecule has 6 heteroatoms. The molecular formula is C10H16ClN3O2. The highest BCUT2D eigenvalue weighted by atomic mass is 35.5. The Hall–Kier alpha value is -1.07. The molecule has 2 N–H and O–H groups in total. The van der Waals surface area contributed by atoms with Crippen molar-refractivity contribution >= 4 is 17.3 Å². The van der Waals surface area contributed by atoms with Crippen LogP contribution < -0.4 is 10.9 Å². The van der Waals surface area contributed by atoms with E-state index >= 15 is 0 Å². The molecule has 0 aliphatic carbocycles. The van der Waals surface area contributed by atoms with Gasteiger partial charge < -0.3 is 10.4 Å². The van der Waals surface area contributed by atoms with Crippen molar-refractivity contribution in [1.29, 1.82) is 0 Å². The van der Waals surface area contributed by atoms with E-state index < -0.39 is 0 Å². The van der Waals surface area contributed by atoms with Crippen molar-refractivity contribution in [1.82, 2.24) is 9.78 Å². The van der Waals surface area contributed by atoms with Crippen molar-refractivity contribution in [2.24, 2.45) is 5.92 Å². The van der Waals surface area contributed by atoms with Gasteiger partial charge in [-0.2, -0.15) is 5.10 Å². The maximum absolute atomic E-state index is 11.6. The summed E-state index contributed by atoms with van der Waals surface area (Å²) in [6, 6.07) is 0. The van der Waals surface area contributed by atoms with E-state index in [9.17, 15) is 4.79 Å². The minimum Gasteiger partial charge on any atom is -0.394 e. The Bertz CT molecular complexity index is 404. The molecule has 0 atom stereocenters. The van der Waals surface area contributed by atoms with E-state index in [1.165, 1.54) is 6.20 Å². The second kappa shape index (κ2) is 5.86. The number of rotatable bonds is 5. The average Bonchev–Trinajstić information content (AvgIpc) is 2.24. The largest absolute Gasteiger partial charge is 0.394 e. The fourth-order valence-corrected chi connectivity index (χ4v) is 1.37. The molecule has 0 fully saturated rings. The van der Waals surface area contributed by atoms with E-state index in [0.717, 1.165) is 11.2 Å². The minimum absolute atomic E-state index is 0.115. The standard InChI is InChI=1S/C10H16ClN3O2/c1-7(2)5-12-8-6-13-14(3-4-15)10(16)9(8)11/h6-7,12,15H,3-5H2,1-2H3. The Kier molecular flexibility index (Phi) is 4.76. The average molecular weight is 246 g/mol. The quantitative estimate of drug-likeness (QED) is 0.811. The minimum atomic E-state index is -0.385. The van der Waals surface area contributed by atoms with Gasteiger partial charge in [-0.3, -0.25) is 4.79 Å². The number of hydrogen-bond acceptors (Lipinski definition) is 4. The molecule has 0 saturated heterocycles. The Morgan fingerprint density at radius 2 is 2.31 bits per heavy atom. The van der Waals surface area contributed by atoms with Crippen LogP contribution in [-0.4, -0.2) is 28.0 Å². The maximum Gasteiger partial charge on any atom is 0.287 e. The first-order valence-electron chi connectivity index (χ1n) is 5.16. The smallest absolute Gasteiger partial charge is 0.287 e. The highest BCUT2D eigenvalue weighted by Crippen LogP contribution is 2.15. The lowest BCUT2D eigenvalue weighted by molar-refractivity contribution is 0.266. The van der Waals surface area contributed by atoms with E-state index in [4.69, 9.17) is 16.7 Å². The Balaban J connectivity index is 2.89. The van der Waals surface area contributed by atoms with Crippen LogP contribution in [-0.2, 0) is 6.54 Å². The highest BCUT2D eigenvalue weighted by Gasteiger charge is 2.08. The first-order chi connectivity index (χ1) is 7.56. The molecule has 16 heavy (non-hydrogen) atoms. The zero-order chi connectivity index (χ0) is 12.1. The van der Waals surface area contributed by atoms with Crippen LogP contribution in [0.5, 0.6) is 0 Å². The van der Waals surface area contributed by atoms with E-state index in [1.54, 1.807) is 0 Å². The van der Waals surface area contributed by atoms with Crippen LogP contribution in [0.2, 0.25) is 5.02 Å². The van der Waals surface area contributed by atoms with Gasteiger partial charge in [0.2, 0.25) is 0 Å². The number of anilines is 1. The molecule has 0 amide bonds. The summed E-state index contributed by atoms with van der Waals surface area (Å²) in [6.07, 6.45) is 1.50. The molecule has 0 aliphatic rings. The molecule has 1 heterocycles. The molecule has 0 spiro atoms. The summed E-state index contributed by atoms with van der Waals surface area (Å²) < 4.78 is 1.14. The van der Waals surface area contributed by atoms with E-state index in [2.05, 4.69) is 24.3 Å². The Labute approximate surface area is 99.0 Å². The molecule has 1 aromatic rings. The normalized spacial score (nSPS) is 10.8.